The molecule has 0 aliphatic carbocycles. The van der Waals surface area contributed by atoms with Gasteiger partial charge in [0.15, 0.2) is 11.5 Å². The molecule has 0 radical (unpaired) electrons. The standard InChI is InChI=1S/C9H12O3/c1-11-6-2-4-8(10)9-5-3-7-12-9/h3,5,7H,2,4,6H2,1H3. The van der Waals surface area contributed by atoms with Crippen LogP contribution in [0.4, 0.5) is 0 Å². The molecule has 0 N–H and O–H groups in total. The zero-order valence-corrected chi connectivity index (χ0v) is 7.08. The van der Waals surface area contributed by atoms with Gasteiger partial charge in [-0.2, -0.15) is 0 Å². The van der Waals surface area contributed by atoms with E-state index in [0.29, 0.717) is 18.8 Å². The van der Waals surface area contributed by atoms with Gasteiger partial charge in [-0.15, -0.1) is 0 Å². The van der Waals surface area contributed by atoms with Crippen molar-refractivity contribution in [1.29, 1.82) is 0 Å². The third-order valence-electron chi connectivity index (χ3n) is 1.55. The minimum absolute atomic E-state index is 0.0389. The van der Waals surface area contributed by atoms with Gasteiger partial charge in [0.25, 0.3) is 0 Å². The lowest BCUT2D eigenvalue weighted by Gasteiger charge is -1.96. The first kappa shape index (κ1) is 9.00. The Labute approximate surface area is 71.3 Å². The molecular weight excluding hydrogens is 156 g/mol. The summed E-state index contributed by atoms with van der Waals surface area (Å²) in [7, 11) is 1.62. The number of ketones is 1. The summed E-state index contributed by atoms with van der Waals surface area (Å²) in [5.74, 6) is 0.475. The van der Waals surface area contributed by atoms with E-state index in [1.807, 2.05) is 0 Å². The first-order valence-electron chi connectivity index (χ1n) is 3.90. The highest BCUT2D eigenvalue weighted by Gasteiger charge is 2.06. The number of hydrogen-bond acceptors (Lipinski definition) is 3. The number of rotatable bonds is 5. The molecule has 1 heterocycles. The highest BCUT2D eigenvalue weighted by molar-refractivity contribution is 5.93. The molecule has 0 bridgehead atoms. The van der Waals surface area contributed by atoms with E-state index in [-0.39, 0.29) is 5.78 Å². The summed E-state index contributed by atoms with van der Waals surface area (Å²) in [6.45, 7) is 0.618. The van der Waals surface area contributed by atoms with Crippen molar-refractivity contribution in [3.63, 3.8) is 0 Å². The Balaban J connectivity index is 2.30. The molecule has 1 rings (SSSR count). The monoisotopic (exact) mass is 168 g/mol. The van der Waals surface area contributed by atoms with Gasteiger partial charge in [-0.25, -0.2) is 0 Å². The van der Waals surface area contributed by atoms with Crippen LogP contribution in [0.2, 0.25) is 0 Å². The number of carbonyl (C=O) groups excluding carboxylic acids is 1. The van der Waals surface area contributed by atoms with Crippen LogP contribution in [0.1, 0.15) is 23.4 Å². The Kier molecular flexibility index (Phi) is 3.54. The fourth-order valence-electron chi connectivity index (χ4n) is 0.937. The Morgan fingerprint density at radius 2 is 2.50 bits per heavy atom. The Bertz CT molecular complexity index is 226. The van der Waals surface area contributed by atoms with Gasteiger partial charge in [0.1, 0.15) is 0 Å². The average Bonchev–Trinajstić information content (AvgIpc) is 2.56. The third-order valence-corrected chi connectivity index (χ3v) is 1.55. The molecule has 0 aliphatic rings. The first-order chi connectivity index (χ1) is 5.84. The van der Waals surface area contributed by atoms with Crippen LogP contribution in [0.25, 0.3) is 0 Å². The number of furan rings is 1. The topological polar surface area (TPSA) is 39.4 Å². The molecule has 3 nitrogen and oxygen atoms in total. The molecule has 0 aromatic carbocycles. The number of Topliss-reactive ketones (excluding diaryl/α,β-unsaturated/α-hetero) is 1. The van der Waals surface area contributed by atoms with Crippen LogP contribution >= 0.6 is 0 Å². The smallest absolute Gasteiger partial charge is 0.198 e. The van der Waals surface area contributed by atoms with Crippen LogP contribution in [0.15, 0.2) is 22.8 Å². The highest BCUT2D eigenvalue weighted by atomic mass is 16.5. The van der Waals surface area contributed by atoms with Gasteiger partial charge in [0.2, 0.25) is 0 Å². The van der Waals surface area contributed by atoms with Crippen molar-refractivity contribution in [1.82, 2.24) is 0 Å². The van der Waals surface area contributed by atoms with Gasteiger partial charge in [0.05, 0.1) is 6.26 Å². The fourth-order valence-corrected chi connectivity index (χ4v) is 0.937. The Morgan fingerprint density at radius 1 is 1.67 bits per heavy atom. The summed E-state index contributed by atoms with van der Waals surface area (Å²) in [5.41, 5.74) is 0. The quantitative estimate of drug-likeness (QED) is 0.498. The van der Waals surface area contributed by atoms with Crippen molar-refractivity contribution in [3.8, 4) is 0 Å². The second-order valence-corrected chi connectivity index (χ2v) is 2.50. The van der Waals surface area contributed by atoms with Gasteiger partial charge in [-0.05, 0) is 18.6 Å². The van der Waals surface area contributed by atoms with Crippen LogP contribution < -0.4 is 0 Å². The predicted molar refractivity (Wildman–Crippen MR) is 44.1 cm³/mol. The van der Waals surface area contributed by atoms with Crippen LogP contribution in [0.5, 0.6) is 0 Å². The molecule has 1 aromatic rings. The minimum Gasteiger partial charge on any atom is -0.461 e. The SMILES string of the molecule is COCCCC(=O)c1ccco1. The van der Waals surface area contributed by atoms with E-state index in [1.54, 1.807) is 19.2 Å². The lowest BCUT2D eigenvalue weighted by molar-refractivity contribution is 0.0936. The summed E-state index contributed by atoms with van der Waals surface area (Å²) in [4.78, 5) is 11.2. The maximum absolute atomic E-state index is 11.2. The van der Waals surface area contributed by atoms with E-state index < -0.39 is 0 Å². The normalized spacial score (nSPS) is 10.1. The van der Waals surface area contributed by atoms with E-state index in [0.717, 1.165) is 6.42 Å². The second kappa shape index (κ2) is 4.72. The predicted octanol–water partition coefficient (Wildman–Crippen LogP) is 1.89. The average molecular weight is 168 g/mol. The van der Waals surface area contributed by atoms with Crippen molar-refractivity contribution in [2.75, 3.05) is 13.7 Å². The number of methoxy groups -OCH3 is 1. The maximum Gasteiger partial charge on any atom is 0.198 e. The summed E-state index contributed by atoms with van der Waals surface area (Å²) in [6.07, 6.45) is 2.74. The lowest BCUT2D eigenvalue weighted by atomic mass is 10.2. The molecule has 0 spiro atoms. The van der Waals surface area contributed by atoms with Gasteiger partial charge < -0.3 is 9.15 Å². The number of hydrogen-bond donors (Lipinski definition) is 0. The van der Waals surface area contributed by atoms with Gasteiger partial charge in [0, 0.05) is 20.1 Å². The molecular formula is C9H12O3. The van der Waals surface area contributed by atoms with Crippen molar-refractivity contribution >= 4 is 5.78 Å². The first-order valence-corrected chi connectivity index (χ1v) is 3.90. The zero-order chi connectivity index (χ0) is 8.81. The summed E-state index contributed by atoms with van der Waals surface area (Å²) >= 11 is 0. The Morgan fingerprint density at radius 3 is 3.08 bits per heavy atom. The molecule has 0 unspecified atom stereocenters. The summed E-state index contributed by atoms with van der Waals surface area (Å²) in [5, 5.41) is 0. The molecule has 0 saturated heterocycles. The molecule has 66 valence electrons. The molecule has 3 heteroatoms. The van der Waals surface area contributed by atoms with E-state index in [2.05, 4.69) is 0 Å². The van der Waals surface area contributed by atoms with E-state index >= 15 is 0 Å². The Hall–Kier alpha value is -1.09. The highest BCUT2D eigenvalue weighted by Crippen LogP contribution is 2.05. The lowest BCUT2D eigenvalue weighted by Crippen LogP contribution is -1.99. The van der Waals surface area contributed by atoms with Crippen LogP contribution in [0, 0.1) is 0 Å². The molecule has 0 aliphatic heterocycles. The van der Waals surface area contributed by atoms with Crippen molar-refractivity contribution < 1.29 is 13.9 Å². The van der Waals surface area contributed by atoms with E-state index in [4.69, 9.17) is 9.15 Å². The van der Waals surface area contributed by atoms with Crippen LogP contribution in [-0.2, 0) is 4.74 Å². The molecule has 0 fully saturated rings. The van der Waals surface area contributed by atoms with Crippen molar-refractivity contribution in [2.45, 2.75) is 12.8 Å². The minimum atomic E-state index is 0.0389. The third kappa shape index (κ3) is 2.51. The molecule has 12 heavy (non-hydrogen) atoms. The molecule has 1 aromatic heterocycles. The number of carbonyl (C=O) groups is 1. The van der Waals surface area contributed by atoms with E-state index in [9.17, 15) is 4.79 Å². The van der Waals surface area contributed by atoms with Crippen LogP contribution in [-0.4, -0.2) is 19.5 Å². The van der Waals surface area contributed by atoms with Crippen LogP contribution in [0.3, 0.4) is 0 Å². The summed E-state index contributed by atoms with van der Waals surface area (Å²) in [6, 6.07) is 3.39. The van der Waals surface area contributed by atoms with Crippen molar-refractivity contribution in [3.05, 3.63) is 24.2 Å². The zero-order valence-electron chi connectivity index (χ0n) is 7.08. The molecule has 0 amide bonds. The largest absolute Gasteiger partial charge is 0.461 e. The van der Waals surface area contributed by atoms with Gasteiger partial charge >= 0.3 is 0 Å². The molecule has 0 saturated carbocycles. The molecule has 0 atom stereocenters. The van der Waals surface area contributed by atoms with E-state index in [1.165, 1.54) is 6.26 Å². The second-order valence-electron chi connectivity index (χ2n) is 2.50. The maximum atomic E-state index is 11.2. The van der Waals surface area contributed by atoms with Crippen molar-refractivity contribution in [2.24, 2.45) is 0 Å². The summed E-state index contributed by atoms with van der Waals surface area (Å²) < 4.78 is 9.76. The van der Waals surface area contributed by atoms with Gasteiger partial charge in [-0.1, -0.05) is 0 Å². The fraction of sp³-hybridized carbons (Fsp3) is 0.444. The van der Waals surface area contributed by atoms with Gasteiger partial charge in [-0.3, -0.25) is 4.79 Å². The number of ether oxygens (including phenoxy) is 1.